The van der Waals surface area contributed by atoms with Crippen LogP contribution in [0, 0.1) is 18.2 Å². The molecule has 0 aliphatic rings. The van der Waals surface area contributed by atoms with Crippen LogP contribution in [0.2, 0.25) is 0 Å². The molecule has 1 aromatic heterocycles. The van der Waals surface area contributed by atoms with E-state index in [0.717, 1.165) is 0 Å². The number of aliphatic hydroxyl groups is 1. The maximum atomic E-state index is 13.0. The van der Waals surface area contributed by atoms with Crippen LogP contribution in [0.5, 0.6) is 0 Å². The van der Waals surface area contributed by atoms with Crippen molar-refractivity contribution in [1.29, 1.82) is 0 Å². The molecule has 6 heteroatoms. The van der Waals surface area contributed by atoms with Crippen LogP contribution in [0.4, 0.5) is 4.39 Å². The van der Waals surface area contributed by atoms with Crippen LogP contribution in [-0.4, -0.2) is 34.7 Å². The molecule has 1 heterocycles. The van der Waals surface area contributed by atoms with Gasteiger partial charge in [-0.1, -0.05) is 11.1 Å². The second-order valence-corrected chi connectivity index (χ2v) is 4.82. The Labute approximate surface area is 127 Å². The van der Waals surface area contributed by atoms with Gasteiger partial charge in [0.1, 0.15) is 11.5 Å². The van der Waals surface area contributed by atoms with E-state index in [9.17, 15) is 14.3 Å². The summed E-state index contributed by atoms with van der Waals surface area (Å²) in [5, 5.41) is 13.8. The summed E-state index contributed by atoms with van der Waals surface area (Å²) >= 11 is 0. The van der Waals surface area contributed by atoms with E-state index >= 15 is 0 Å². The fraction of sp³-hybridized carbons (Fsp3) is 0.250. The highest BCUT2D eigenvalue weighted by Crippen LogP contribution is 2.31. The molecule has 2 aromatic rings. The molecule has 5 nitrogen and oxygen atoms in total. The Morgan fingerprint density at radius 3 is 2.68 bits per heavy atom. The number of aliphatic hydroxyl groups excluding tert-OH is 1. The molecule has 0 aliphatic carbocycles. The molecule has 1 amide bonds. The predicted molar refractivity (Wildman–Crippen MR) is 78.3 cm³/mol. The van der Waals surface area contributed by atoms with Gasteiger partial charge in [0, 0.05) is 12.6 Å². The van der Waals surface area contributed by atoms with Crippen LogP contribution in [0.3, 0.4) is 0 Å². The van der Waals surface area contributed by atoms with Crippen LogP contribution in [0.1, 0.15) is 29.1 Å². The average molecular weight is 302 g/mol. The number of amides is 1. The van der Waals surface area contributed by atoms with Gasteiger partial charge in [0.25, 0.3) is 5.91 Å². The summed E-state index contributed by atoms with van der Waals surface area (Å²) in [7, 11) is 1.52. The lowest BCUT2D eigenvalue weighted by Crippen LogP contribution is -2.27. The lowest BCUT2D eigenvalue weighted by atomic mass is 10.0. The normalized spacial score (nSPS) is 11.8. The van der Waals surface area contributed by atoms with E-state index in [1.54, 1.807) is 0 Å². The zero-order valence-electron chi connectivity index (χ0n) is 12.2. The molecule has 0 aliphatic heterocycles. The highest BCUT2D eigenvalue weighted by molar-refractivity contribution is 5.94. The third-order valence-corrected chi connectivity index (χ3v) is 3.13. The topological polar surface area (TPSA) is 66.6 Å². The van der Waals surface area contributed by atoms with E-state index in [1.165, 1.54) is 43.1 Å². The van der Waals surface area contributed by atoms with E-state index in [2.05, 4.69) is 11.1 Å². The van der Waals surface area contributed by atoms with Gasteiger partial charge < -0.3 is 14.5 Å². The Morgan fingerprint density at radius 2 is 2.14 bits per heavy atom. The molecule has 0 bridgehead atoms. The Bertz CT molecular complexity index is 714. The minimum absolute atomic E-state index is 0.0768. The first kappa shape index (κ1) is 15.7. The molecule has 0 radical (unpaired) electrons. The zero-order valence-corrected chi connectivity index (χ0v) is 12.2. The first-order valence-electron chi connectivity index (χ1n) is 6.58. The monoisotopic (exact) mass is 302 g/mol. The minimum Gasteiger partial charge on any atom is -0.388 e. The molecule has 0 saturated carbocycles. The Hall–Kier alpha value is -2.65. The second kappa shape index (κ2) is 6.41. The summed E-state index contributed by atoms with van der Waals surface area (Å²) in [5.74, 6) is 1.40. The van der Waals surface area contributed by atoms with Crippen molar-refractivity contribution in [3.05, 3.63) is 41.4 Å². The number of carbonyl (C=O) groups excluding carboxylic acids is 1. The lowest BCUT2D eigenvalue weighted by Gasteiger charge is -2.13. The van der Waals surface area contributed by atoms with Crippen LogP contribution >= 0.6 is 0 Å². The largest absolute Gasteiger partial charge is 0.388 e. The molecule has 1 atom stereocenters. The minimum atomic E-state index is -0.982. The van der Waals surface area contributed by atoms with E-state index in [0.29, 0.717) is 11.3 Å². The van der Waals surface area contributed by atoms with Gasteiger partial charge in [0.15, 0.2) is 0 Å². The summed E-state index contributed by atoms with van der Waals surface area (Å²) in [4.78, 5) is 13.6. The fourth-order valence-electron chi connectivity index (χ4n) is 2.04. The van der Waals surface area contributed by atoms with Gasteiger partial charge in [-0.05, 0) is 31.2 Å². The predicted octanol–water partition coefficient (Wildman–Crippen LogP) is 2.24. The number of terminal acetylenes is 1. The van der Waals surface area contributed by atoms with E-state index in [4.69, 9.17) is 10.9 Å². The van der Waals surface area contributed by atoms with Gasteiger partial charge in [-0.2, -0.15) is 0 Å². The summed E-state index contributed by atoms with van der Waals surface area (Å²) in [6.45, 7) is 1.60. The first-order chi connectivity index (χ1) is 10.5. The first-order valence-corrected chi connectivity index (χ1v) is 6.58. The van der Waals surface area contributed by atoms with Crippen molar-refractivity contribution in [2.45, 2.75) is 13.0 Å². The van der Waals surface area contributed by atoms with Gasteiger partial charge in [-0.25, -0.2) is 4.39 Å². The lowest BCUT2D eigenvalue weighted by molar-refractivity contribution is 0.0763. The van der Waals surface area contributed by atoms with Crippen molar-refractivity contribution in [3.8, 4) is 23.6 Å². The molecule has 22 heavy (non-hydrogen) atoms. The SMILES string of the molecule is C#CCN(C)C(=O)c1onc(-c2ccc(F)cc2)c1C(C)O. The van der Waals surface area contributed by atoms with Crippen molar-refractivity contribution in [2.75, 3.05) is 13.6 Å². The average Bonchev–Trinajstić information content (AvgIpc) is 2.92. The number of hydrogen-bond donors (Lipinski definition) is 1. The number of nitrogens with zero attached hydrogens (tertiary/aromatic N) is 2. The third kappa shape index (κ3) is 3.00. The van der Waals surface area contributed by atoms with Crippen molar-refractivity contribution in [1.82, 2.24) is 10.1 Å². The van der Waals surface area contributed by atoms with Crippen molar-refractivity contribution in [2.24, 2.45) is 0 Å². The number of benzene rings is 1. The number of aromatic nitrogens is 1. The summed E-state index contributed by atoms with van der Waals surface area (Å²) in [5.41, 5.74) is 1.09. The van der Waals surface area contributed by atoms with E-state index < -0.39 is 17.8 Å². The molecular weight excluding hydrogens is 287 g/mol. The smallest absolute Gasteiger partial charge is 0.293 e. The number of halogens is 1. The standard InChI is InChI=1S/C16H15FN2O3/c1-4-9-19(3)16(21)15-13(10(2)20)14(18-22-15)11-5-7-12(17)8-6-11/h1,5-8,10,20H,9H2,2-3H3. The van der Waals surface area contributed by atoms with Gasteiger partial charge in [0.05, 0.1) is 18.2 Å². The van der Waals surface area contributed by atoms with Crippen LogP contribution in [-0.2, 0) is 0 Å². The molecule has 0 fully saturated rings. The highest BCUT2D eigenvalue weighted by Gasteiger charge is 2.28. The molecule has 2 rings (SSSR count). The maximum absolute atomic E-state index is 13.0. The summed E-state index contributed by atoms with van der Waals surface area (Å²) < 4.78 is 18.1. The van der Waals surface area contributed by atoms with Crippen LogP contribution in [0.25, 0.3) is 11.3 Å². The zero-order chi connectivity index (χ0) is 16.3. The quantitative estimate of drug-likeness (QED) is 0.880. The molecule has 1 N–H and O–H groups in total. The fourth-order valence-corrected chi connectivity index (χ4v) is 2.04. The summed E-state index contributed by atoms with van der Waals surface area (Å²) in [6, 6.07) is 5.53. The maximum Gasteiger partial charge on any atom is 0.293 e. The Morgan fingerprint density at radius 1 is 1.50 bits per heavy atom. The Kier molecular flexibility index (Phi) is 4.59. The van der Waals surface area contributed by atoms with E-state index in [-0.39, 0.29) is 17.9 Å². The number of rotatable bonds is 4. The van der Waals surface area contributed by atoms with Crippen LogP contribution in [0.15, 0.2) is 28.8 Å². The molecule has 1 unspecified atom stereocenters. The Balaban J connectivity index is 2.48. The molecular formula is C16H15FN2O3. The van der Waals surface area contributed by atoms with Crippen molar-refractivity contribution in [3.63, 3.8) is 0 Å². The van der Waals surface area contributed by atoms with Gasteiger partial charge in [-0.15, -0.1) is 6.42 Å². The number of carbonyl (C=O) groups is 1. The van der Waals surface area contributed by atoms with Crippen molar-refractivity contribution >= 4 is 5.91 Å². The van der Waals surface area contributed by atoms with Gasteiger partial charge in [-0.3, -0.25) is 4.79 Å². The molecule has 114 valence electrons. The van der Waals surface area contributed by atoms with Gasteiger partial charge in [0.2, 0.25) is 5.76 Å². The van der Waals surface area contributed by atoms with Crippen molar-refractivity contribution < 1.29 is 18.8 Å². The molecule has 0 saturated heterocycles. The van der Waals surface area contributed by atoms with Gasteiger partial charge >= 0.3 is 0 Å². The second-order valence-electron chi connectivity index (χ2n) is 4.82. The third-order valence-electron chi connectivity index (χ3n) is 3.13. The number of hydrogen-bond acceptors (Lipinski definition) is 4. The molecule has 0 spiro atoms. The van der Waals surface area contributed by atoms with E-state index in [1.807, 2.05) is 0 Å². The highest BCUT2D eigenvalue weighted by atomic mass is 19.1. The summed E-state index contributed by atoms with van der Waals surface area (Å²) in [6.07, 6.45) is 4.20. The molecule has 1 aromatic carbocycles. The van der Waals surface area contributed by atoms with Crippen LogP contribution < -0.4 is 0 Å².